The Bertz CT molecular complexity index is 1370. The number of hydrogen-bond acceptors (Lipinski definition) is 8. The van der Waals surface area contributed by atoms with E-state index in [1.807, 2.05) is 24.3 Å². The number of H-pyrrole nitrogens is 2. The summed E-state index contributed by atoms with van der Waals surface area (Å²) in [7, 11) is 0. The molecule has 15 nitrogen and oxygen atoms in total. The predicted octanol–water partition coefficient (Wildman–Crippen LogP) is -1.81. The number of aliphatic carboxylic acids is 1. The highest BCUT2D eigenvalue weighted by Gasteiger charge is 2.32. The molecule has 0 bridgehead atoms. The van der Waals surface area contributed by atoms with E-state index in [2.05, 4.69) is 30.9 Å². The number of nitrogens with two attached hydrogens (primary N) is 2. The number of benzene rings is 1. The zero-order chi connectivity index (χ0) is 30.1. The van der Waals surface area contributed by atoms with Gasteiger partial charge in [0.1, 0.15) is 12.1 Å². The Morgan fingerprint density at radius 2 is 1.66 bits per heavy atom. The van der Waals surface area contributed by atoms with Crippen molar-refractivity contribution in [3.63, 3.8) is 0 Å². The highest BCUT2D eigenvalue weighted by atomic mass is 16.4. The Morgan fingerprint density at radius 1 is 0.976 bits per heavy atom. The molecule has 4 amide bonds. The van der Waals surface area contributed by atoms with Crippen LogP contribution >= 0.6 is 0 Å². The van der Waals surface area contributed by atoms with E-state index in [-0.39, 0.29) is 25.7 Å². The first-order valence-electron chi connectivity index (χ1n) is 12.8. The lowest BCUT2D eigenvalue weighted by atomic mass is 10.0. The fraction of sp³-hybridized carbons (Fsp3) is 0.385. The van der Waals surface area contributed by atoms with Crippen LogP contribution in [-0.2, 0) is 36.8 Å². The van der Waals surface area contributed by atoms with Crippen LogP contribution in [0.2, 0.25) is 0 Å². The summed E-state index contributed by atoms with van der Waals surface area (Å²) >= 11 is 0. The maximum atomic E-state index is 13.5. The molecular weight excluding hydrogens is 536 g/mol. The zero-order valence-electron chi connectivity index (χ0n) is 22.3. The van der Waals surface area contributed by atoms with E-state index in [1.54, 1.807) is 6.20 Å². The van der Waals surface area contributed by atoms with Gasteiger partial charge in [-0.1, -0.05) is 18.2 Å². The maximum Gasteiger partial charge on any atom is 0.328 e. The fourth-order valence-corrected chi connectivity index (χ4v) is 4.20. The summed E-state index contributed by atoms with van der Waals surface area (Å²) in [6, 6.07) is 2.01. The lowest BCUT2D eigenvalue weighted by molar-refractivity contribution is -0.145. The number of aliphatic hydroxyl groups is 1. The summed E-state index contributed by atoms with van der Waals surface area (Å²) < 4.78 is 0. The third-order valence-corrected chi connectivity index (χ3v) is 6.42. The number of aliphatic hydroxyl groups excluding tert-OH is 1. The second-order valence-corrected chi connectivity index (χ2v) is 9.64. The number of fused-ring (bicyclic) bond motifs is 1. The molecule has 15 heteroatoms. The van der Waals surface area contributed by atoms with E-state index in [9.17, 15) is 34.2 Å². The summed E-state index contributed by atoms with van der Waals surface area (Å²) in [5, 5.41) is 27.2. The molecule has 0 aliphatic carbocycles. The number of nitrogens with zero attached hydrogens (tertiary/aromatic N) is 1. The van der Waals surface area contributed by atoms with E-state index >= 15 is 0 Å². The number of carbonyl (C=O) groups is 5. The van der Waals surface area contributed by atoms with E-state index in [1.165, 1.54) is 19.4 Å². The maximum absolute atomic E-state index is 13.5. The molecule has 3 aromatic rings. The van der Waals surface area contributed by atoms with E-state index in [4.69, 9.17) is 11.5 Å². The number of carbonyl (C=O) groups excluding carboxylic acids is 4. The standard InChI is InChI=1S/C26H34N8O7/c1-13(35)22(26(40)41)34-24(38)19(6-7-21(28)36)32-25(39)20(8-14-10-30-18-5-3-2-4-16(14)18)33-23(37)17(27)9-15-11-29-12-31-15/h2-5,10-13,17,19-20,22,30,35H,6-9,27H2,1H3,(H2,28,36)(H,29,31)(H,32,39)(H,33,37)(H,34,38)(H,40,41). The molecule has 0 saturated carbocycles. The van der Waals surface area contributed by atoms with Gasteiger partial charge in [0.25, 0.3) is 0 Å². The average Bonchev–Trinajstić information content (AvgIpc) is 3.58. The molecule has 3 rings (SSSR count). The fourth-order valence-electron chi connectivity index (χ4n) is 4.20. The Hall–Kier alpha value is -4.76. The number of aromatic amines is 2. The van der Waals surface area contributed by atoms with Crippen molar-refractivity contribution < 1.29 is 34.2 Å². The third kappa shape index (κ3) is 8.61. The van der Waals surface area contributed by atoms with Gasteiger partial charge in [0.05, 0.1) is 18.5 Å². The largest absolute Gasteiger partial charge is 0.480 e. The molecule has 220 valence electrons. The summed E-state index contributed by atoms with van der Waals surface area (Å²) in [5.41, 5.74) is 13.4. The molecule has 0 aliphatic rings. The first-order valence-corrected chi connectivity index (χ1v) is 12.8. The van der Waals surface area contributed by atoms with Crippen LogP contribution in [-0.4, -0.2) is 85.0 Å². The zero-order valence-corrected chi connectivity index (χ0v) is 22.3. The number of nitrogens with one attached hydrogen (secondary N) is 5. The first-order chi connectivity index (χ1) is 19.5. The molecule has 5 atom stereocenters. The molecule has 0 saturated heterocycles. The van der Waals surface area contributed by atoms with Crippen molar-refractivity contribution in [2.24, 2.45) is 11.5 Å². The molecule has 0 fully saturated rings. The van der Waals surface area contributed by atoms with Crippen molar-refractivity contribution in [3.8, 4) is 0 Å². The normalized spacial score (nSPS) is 14.8. The highest BCUT2D eigenvalue weighted by Crippen LogP contribution is 2.19. The van der Waals surface area contributed by atoms with Gasteiger partial charge in [-0.2, -0.15) is 0 Å². The number of carboxylic acids is 1. The smallest absolute Gasteiger partial charge is 0.328 e. The number of rotatable bonds is 15. The van der Waals surface area contributed by atoms with Gasteiger partial charge in [0.2, 0.25) is 23.6 Å². The monoisotopic (exact) mass is 570 g/mol. The van der Waals surface area contributed by atoms with Crippen molar-refractivity contribution in [3.05, 3.63) is 54.2 Å². The van der Waals surface area contributed by atoms with Gasteiger partial charge in [-0.15, -0.1) is 0 Å². The molecule has 5 unspecified atom stereocenters. The van der Waals surface area contributed by atoms with E-state index < -0.39 is 59.9 Å². The number of carboxylic acid groups (broad SMARTS) is 1. The van der Waals surface area contributed by atoms with Crippen LogP contribution in [0.3, 0.4) is 0 Å². The van der Waals surface area contributed by atoms with Gasteiger partial charge < -0.3 is 47.6 Å². The van der Waals surface area contributed by atoms with Crippen LogP contribution in [0.5, 0.6) is 0 Å². The van der Waals surface area contributed by atoms with E-state index in [0.717, 1.165) is 10.9 Å². The molecule has 0 radical (unpaired) electrons. The van der Waals surface area contributed by atoms with Crippen LogP contribution in [0.15, 0.2) is 43.0 Å². The number of amides is 4. The summed E-state index contributed by atoms with van der Waals surface area (Å²) in [6.45, 7) is 1.18. The minimum Gasteiger partial charge on any atom is -0.480 e. The number of hydrogen-bond donors (Lipinski definition) is 9. The Kier molecular flexibility index (Phi) is 10.5. The number of primary amides is 1. The number of imidazole rings is 1. The van der Waals surface area contributed by atoms with Gasteiger partial charge in [-0.3, -0.25) is 19.2 Å². The minimum atomic E-state index is -1.67. The van der Waals surface area contributed by atoms with Crippen molar-refractivity contribution in [1.29, 1.82) is 0 Å². The summed E-state index contributed by atoms with van der Waals surface area (Å²) in [6.07, 6.45) is 2.76. The van der Waals surface area contributed by atoms with Crippen LogP contribution in [0.4, 0.5) is 0 Å². The Labute approximate surface area is 234 Å². The second-order valence-electron chi connectivity index (χ2n) is 9.64. The van der Waals surface area contributed by atoms with Crippen LogP contribution in [0.25, 0.3) is 10.9 Å². The molecule has 41 heavy (non-hydrogen) atoms. The second kappa shape index (κ2) is 14.0. The van der Waals surface area contributed by atoms with Crippen LogP contribution in [0, 0.1) is 0 Å². The average molecular weight is 571 g/mol. The molecule has 1 aromatic carbocycles. The number of aromatic nitrogens is 3. The number of para-hydroxylation sites is 1. The molecule has 2 aromatic heterocycles. The van der Waals surface area contributed by atoms with Gasteiger partial charge in [0.15, 0.2) is 6.04 Å². The molecular formula is C26H34N8O7. The van der Waals surface area contributed by atoms with Gasteiger partial charge >= 0.3 is 5.97 Å². The quantitative estimate of drug-likeness (QED) is 0.0995. The van der Waals surface area contributed by atoms with Gasteiger partial charge in [-0.25, -0.2) is 9.78 Å². The van der Waals surface area contributed by atoms with Crippen molar-refractivity contribution in [2.45, 2.75) is 62.9 Å². The van der Waals surface area contributed by atoms with Crippen molar-refractivity contribution in [2.75, 3.05) is 0 Å². The lowest BCUT2D eigenvalue weighted by Gasteiger charge is -2.25. The lowest BCUT2D eigenvalue weighted by Crippen LogP contribution is -2.58. The van der Waals surface area contributed by atoms with Crippen molar-refractivity contribution >= 4 is 40.5 Å². The SMILES string of the molecule is CC(O)C(NC(=O)C(CCC(N)=O)NC(=O)C(Cc1c[nH]c2ccccc12)NC(=O)C(N)Cc1cnc[nH]1)C(=O)O. The highest BCUT2D eigenvalue weighted by molar-refractivity contribution is 5.95. The van der Waals surface area contributed by atoms with Crippen LogP contribution < -0.4 is 27.4 Å². The molecule has 11 N–H and O–H groups in total. The third-order valence-electron chi connectivity index (χ3n) is 6.42. The Morgan fingerprint density at radius 3 is 2.29 bits per heavy atom. The van der Waals surface area contributed by atoms with Gasteiger partial charge in [0, 0.05) is 48.3 Å². The Balaban J connectivity index is 1.84. The summed E-state index contributed by atoms with van der Waals surface area (Å²) in [5.74, 6) is -4.63. The van der Waals surface area contributed by atoms with Crippen molar-refractivity contribution in [1.82, 2.24) is 30.9 Å². The summed E-state index contributed by atoms with van der Waals surface area (Å²) in [4.78, 5) is 72.3. The molecule has 0 aliphatic heterocycles. The van der Waals surface area contributed by atoms with Gasteiger partial charge in [-0.05, 0) is 25.0 Å². The van der Waals surface area contributed by atoms with Crippen LogP contribution in [0.1, 0.15) is 31.0 Å². The topological polar surface area (TPSA) is 258 Å². The van der Waals surface area contributed by atoms with E-state index in [0.29, 0.717) is 11.3 Å². The predicted molar refractivity (Wildman–Crippen MR) is 146 cm³/mol. The molecule has 2 heterocycles. The minimum absolute atomic E-state index is 0.00788. The first kappa shape index (κ1) is 30.8. The molecule has 0 spiro atoms.